The molecule has 5 unspecified atom stereocenters. The fourth-order valence-electron chi connectivity index (χ4n) is 5.09. The van der Waals surface area contributed by atoms with Gasteiger partial charge in [-0.05, 0) is 31.0 Å². The summed E-state index contributed by atoms with van der Waals surface area (Å²) >= 11 is 0. The SMILES string of the molecule is CCNC(=O)Nc1ncnc2c1ncn2C1OC(COc2ncccc2C(=O)O)C2OC(CCc3ccccc3)OC21. The van der Waals surface area contributed by atoms with Crippen LogP contribution in [0.5, 0.6) is 5.88 Å². The maximum absolute atomic E-state index is 12.1. The summed E-state index contributed by atoms with van der Waals surface area (Å²) in [5.74, 6) is -0.918. The minimum Gasteiger partial charge on any atom is -0.477 e. The number of benzene rings is 1. The third-order valence-corrected chi connectivity index (χ3v) is 7.00. The van der Waals surface area contributed by atoms with Gasteiger partial charge < -0.3 is 29.4 Å². The molecule has 0 bridgehead atoms. The molecule has 14 nitrogen and oxygen atoms in total. The molecule has 3 aromatic heterocycles. The van der Waals surface area contributed by atoms with Crippen LogP contribution in [0.1, 0.15) is 35.5 Å². The molecule has 2 amide bonds. The van der Waals surface area contributed by atoms with Crippen LogP contribution in [-0.4, -0.2) is 79.4 Å². The van der Waals surface area contributed by atoms with Gasteiger partial charge in [0.25, 0.3) is 0 Å². The molecule has 0 saturated carbocycles. The smallest absolute Gasteiger partial charge is 0.341 e. The molecule has 2 fully saturated rings. The summed E-state index contributed by atoms with van der Waals surface area (Å²) in [5.41, 5.74) is 1.91. The van der Waals surface area contributed by atoms with Crippen molar-refractivity contribution in [2.75, 3.05) is 18.5 Å². The van der Waals surface area contributed by atoms with Gasteiger partial charge in [-0.1, -0.05) is 30.3 Å². The topological polar surface area (TPSA) is 172 Å². The van der Waals surface area contributed by atoms with Gasteiger partial charge in [0.15, 0.2) is 29.5 Å². The van der Waals surface area contributed by atoms with E-state index in [9.17, 15) is 14.7 Å². The van der Waals surface area contributed by atoms with Gasteiger partial charge >= 0.3 is 12.0 Å². The van der Waals surface area contributed by atoms with Gasteiger partial charge in [-0.15, -0.1) is 0 Å². The van der Waals surface area contributed by atoms with Crippen molar-refractivity contribution in [2.24, 2.45) is 0 Å². The fraction of sp³-hybridized carbons (Fsp3) is 0.357. The largest absolute Gasteiger partial charge is 0.477 e. The molecule has 1 aromatic carbocycles. The van der Waals surface area contributed by atoms with Gasteiger partial charge in [0.05, 0.1) is 6.33 Å². The van der Waals surface area contributed by atoms with Crippen molar-refractivity contribution in [3.63, 3.8) is 0 Å². The molecule has 0 spiro atoms. The number of ether oxygens (including phenoxy) is 4. The average molecular weight is 576 g/mol. The van der Waals surface area contributed by atoms with Crippen molar-refractivity contribution in [3.8, 4) is 5.88 Å². The number of carbonyl (C=O) groups is 2. The van der Waals surface area contributed by atoms with Gasteiger partial charge in [-0.2, -0.15) is 0 Å². The Bertz CT molecular complexity index is 1570. The Morgan fingerprint density at radius 1 is 1.02 bits per heavy atom. The van der Waals surface area contributed by atoms with Gasteiger partial charge in [0.2, 0.25) is 5.88 Å². The number of aromatic carboxylic acids is 1. The number of nitrogens with zero attached hydrogens (tertiary/aromatic N) is 5. The number of rotatable bonds is 10. The number of hydrogen-bond donors (Lipinski definition) is 3. The van der Waals surface area contributed by atoms with Crippen LogP contribution in [0.15, 0.2) is 61.3 Å². The Morgan fingerprint density at radius 2 is 1.86 bits per heavy atom. The first-order valence-corrected chi connectivity index (χ1v) is 13.6. The molecule has 6 rings (SSSR count). The monoisotopic (exact) mass is 575 g/mol. The first-order chi connectivity index (χ1) is 20.5. The Balaban J connectivity index is 1.25. The first-order valence-electron chi connectivity index (χ1n) is 13.6. The number of pyridine rings is 1. The highest BCUT2D eigenvalue weighted by atomic mass is 16.8. The molecular formula is C28H29N7O7. The molecule has 218 valence electrons. The molecule has 4 aromatic rings. The highest BCUT2D eigenvalue weighted by Crippen LogP contribution is 2.41. The van der Waals surface area contributed by atoms with Gasteiger partial charge in [-0.3, -0.25) is 9.88 Å². The summed E-state index contributed by atoms with van der Waals surface area (Å²) in [6.07, 6.45) is 2.81. The molecule has 0 aliphatic carbocycles. The van der Waals surface area contributed by atoms with E-state index >= 15 is 0 Å². The predicted molar refractivity (Wildman–Crippen MR) is 147 cm³/mol. The third kappa shape index (κ3) is 5.59. The third-order valence-electron chi connectivity index (χ3n) is 7.00. The van der Waals surface area contributed by atoms with E-state index in [1.807, 2.05) is 25.1 Å². The van der Waals surface area contributed by atoms with Crippen LogP contribution in [0.2, 0.25) is 0 Å². The highest BCUT2D eigenvalue weighted by molar-refractivity contribution is 5.95. The lowest BCUT2D eigenvalue weighted by atomic mass is 10.1. The number of carboxylic acids is 1. The lowest BCUT2D eigenvalue weighted by Crippen LogP contribution is -2.33. The van der Waals surface area contributed by atoms with Crippen LogP contribution < -0.4 is 15.4 Å². The summed E-state index contributed by atoms with van der Waals surface area (Å²) in [4.78, 5) is 40.9. The number of aryl methyl sites for hydroxylation is 1. The quantitative estimate of drug-likeness (QED) is 0.254. The zero-order valence-electron chi connectivity index (χ0n) is 22.6. The lowest BCUT2D eigenvalue weighted by molar-refractivity contribution is -0.151. The van der Waals surface area contributed by atoms with Crippen molar-refractivity contribution in [1.29, 1.82) is 0 Å². The number of carbonyl (C=O) groups excluding carboxylic acids is 1. The van der Waals surface area contributed by atoms with Crippen molar-refractivity contribution in [2.45, 2.75) is 50.6 Å². The first kappa shape index (κ1) is 27.5. The summed E-state index contributed by atoms with van der Waals surface area (Å²) in [6, 6.07) is 12.6. The van der Waals surface area contributed by atoms with Crippen LogP contribution >= 0.6 is 0 Å². The number of hydrogen-bond acceptors (Lipinski definition) is 10. The molecule has 14 heteroatoms. The van der Waals surface area contributed by atoms with E-state index in [2.05, 4.69) is 42.7 Å². The number of nitrogens with one attached hydrogen (secondary N) is 2. The zero-order chi connectivity index (χ0) is 29.1. The van der Waals surface area contributed by atoms with Crippen molar-refractivity contribution in [3.05, 3.63) is 72.4 Å². The van der Waals surface area contributed by atoms with Gasteiger partial charge in [-0.25, -0.2) is 29.5 Å². The Hall–Kier alpha value is -4.66. The molecule has 3 N–H and O–H groups in total. The van der Waals surface area contributed by atoms with Gasteiger partial charge in [0.1, 0.15) is 36.8 Å². The second-order valence-corrected chi connectivity index (χ2v) is 9.72. The molecule has 42 heavy (non-hydrogen) atoms. The van der Waals surface area contributed by atoms with Crippen molar-refractivity contribution >= 4 is 29.0 Å². The zero-order valence-corrected chi connectivity index (χ0v) is 22.6. The number of carboxylic acid groups (broad SMARTS) is 1. The number of aromatic nitrogens is 5. The standard InChI is InChI=1S/C28H29N7O7/c1-2-29-28(38)34-23-20-24(32-14-31-23)35(15-33-20)26-22-21(41-19(42-22)11-10-16-7-4-3-5-8-16)18(40-26)13-39-25-17(27(36)37)9-6-12-30-25/h3-9,12,14-15,18-19,21-22,26H,2,10-11,13H2,1H3,(H,36,37)(H2,29,31,32,34,38). The molecular weight excluding hydrogens is 546 g/mol. The molecule has 5 atom stereocenters. The highest BCUT2D eigenvalue weighted by Gasteiger charge is 2.54. The number of imidazole rings is 1. The van der Waals surface area contributed by atoms with Crippen molar-refractivity contribution < 1.29 is 33.6 Å². The average Bonchev–Trinajstić information content (AvgIpc) is 3.70. The van der Waals surface area contributed by atoms with Crippen LogP contribution in [0.25, 0.3) is 11.2 Å². The van der Waals surface area contributed by atoms with Crippen molar-refractivity contribution in [1.82, 2.24) is 29.8 Å². The molecule has 2 saturated heterocycles. The van der Waals surface area contributed by atoms with E-state index in [0.29, 0.717) is 24.1 Å². The minimum atomic E-state index is -1.15. The van der Waals surface area contributed by atoms with E-state index < -0.39 is 42.8 Å². The molecule has 0 radical (unpaired) electrons. The summed E-state index contributed by atoms with van der Waals surface area (Å²) in [5, 5.41) is 14.9. The Kier molecular flexibility index (Phi) is 7.90. The molecule has 2 aliphatic rings. The van der Waals surface area contributed by atoms with Gasteiger partial charge in [0, 0.05) is 19.2 Å². The summed E-state index contributed by atoms with van der Waals surface area (Å²) in [6.45, 7) is 2.23. The van der Waals surface area contributed by atoms with Crippen LogP contribution in [0, 0.1) is 0 Å². The second-order valence-electron chi connectivity index (χ2n) is 9.72. The summed E-state index contributed by atoms with van der Waals surface area (Å²) < 4.78 is 26.6. The molecule has 5 heterocycles. The fourth-order valence-corrected chi connectivity index (χ4v) is 5.09. The number of urea groups is 1. The maximum atomic E-state index is 12.1. The van der Waals surface area contributed by atoms with Crippen LogP contribution in [0.3, 0.4) is 0 Å². The van der Waals surface area contributed by atoms with E-state index in [4.69, 9.17) is 18.9 Å². The lowest BCUT2D eigenvalue weighted by Gasteiger charge is -2.21. The maximum Gasteiger partial charge on any atom is 0.341 e. The minimum absolute atomic E-state index is 0.0185. The predicted octanol–water partition coefficient (Wildman–Crippen LogP) is 2.78. The number of anilines is 1. The second kappa shape index (κ2) is 12.1. The van der Waals surface area contributed by atoms with E-state index in [-0.39, 0.29) is 23.9 Å². The van der Waals surface area contributed by atoms with E-state index in [0.717, 1.165) is 12.0 Å². The number of amides is 2. The number of fused-ring (bicyclic) bond motifs is 2. The van der Waals surface area contributed by atoms with Crippen LogP contribution in [-0.2, 0) is 20.6 Å². The van der Waals surface area contributed by atoms with Crippen LogP contribution in [0.4, 0.5) is 10.6 Å². The van der Waals surface area contributed by atoms with E-state index in [1.165, 1.54) is 24.7 Å². The Morgan fingerprint density at radius 3 is 2.67 bits per heavy atom. The van der Waals surface area contributed by atoms with E-state index in [1.54, 1.807) is 10.9 Å². The summed E-state index contributed by atoms with van der Waals surface area (Å²) in [7, 11) is 0. The normalized spacial score (nSPS) is 23.0. The Labute approximate surface area is 240 Å². The molecule has 2 aliphatic heterocycles.